The number of amides is 2. The van der Waals surface area contributed by atoms with E-state index in [-0.39, 0.29) is 17.9 Å². The highest BCUT2D eigenvalue weighted by Gasteiger charge is 2.31. The zero-order valence-electron chi connectivity index (χ0n) is 17.8. The zero-order chi connectivity index (χ0) is 21.8. The highest BCUT2D eigenvalue weighted by molar-refractivity contribution is 6.05. The third kappa shape index (κ3) is 4.45. The second kappa shape index (κ2) is 9.04. The molecule has 1 aliphatic rings. The van der Waals surface area contributed by atoms with Gasteiger partial charge in [-0.3, -0.25) is 9.59 Å². The Bertz CT molecular complexity index is 1090. The average molecular weight is 415 g/mol. The van der Waals surface area contributed by atoms with E-state index < -0.39 is 0 Å². The Hall–Kier alpha value is -3.60. The number of carbonyl (C=O) groups is 2. The number of nitrogens with zero attached hydrogens (tertiary/aromatic N) is 1. The molecule has 1 N–H and O–H groups in total. The van der Waals surface area contributed by atoms with Gasteiger partial charge in [0.2, 0.25) is 0 Å². The summed E-state index contributed by atoms with van der Waals surface area (Å²) in [4.78, 5) is 27.9. The van der Waals surface area contributed by atoms with E-state index in [1.165, 1.54) is 0 Å². The lowest BCUT2D eigenvalue weighted by Crippen LogP contribution is -2.30. The van der Waals surface area contributed by atoms with E-state index in [0.717, 1.165) is 29.7 Å². The molecule has 31 heavy (non-hydrogen) atoms. The molecule has 0 bridgehead atoms. The maximum absolute atomic E-state index is 13.4. The van der Waals surface area contributed by atoms with Gasteiger partial charge in [0.15, 0.2) is 0 Å². The fourth-order valence-corrected chi connectivity index (χ4v) is 4.04. The van der Waals surface area contributed by atoms with Crippen LogP contribution >= 0.6 is 0 Å². The predicted molar refractivity (Wildman–Crippen MR) is 122 cm³/mol. The molecule has 3 aromatic carbocycles. The van der Waals surface area contributed by atoms with Crippen molar-refractivity contribution in [3.05, 3.63) is 95.1 Å². The van der Waals surface area contributed by atoms with Crippen LogP contribution in [-0.2, 0) is 0 Å². The Morgan fingerprint density at radius 1 is 0.968 bits per heavy atom. The van der Waals surface area contributed by atoms with Gasteiger partial charge >= 0.3 is 0 Å². The molecule has 0 aromatic heterocycles. The zero-order valence-corrected chi connectivity index (χ0v) is 17.8. The van der Waals surface area contributed by atoms with Gasteiger partial charge in [0.05, 0.1) is 13.2 Å². The van der Waals surface area contributed by atoms with Crippen molar-refractivity contribution in [3.8, 4) is 5.75 Å². The molecular formula is C26H26N2O3. The summed E-state index contributed by atoms with van der Waals surface area (Å²) in [6.07, 6.45) is 1.87. The van der Waals surface area contributed by atoms with Gasteiger partial charge < -0.3 is 15.0 Å². The topological polar surface area (TPSA) is 58.6 Å². The third-order valence-corrected chi connectivity index (χ3v) is 5.76. The molecule has 3 aromatic rings. The van der Waals surface area contributed by atoms with Crippen LogP contribution in [0.25, 0.3) is 0 Å². The number of anilines is 1. The number of hydrogen-bond donors (Lipinski definition) is 1. The molecule has 0 saturated carbocycles. The van der Waals surface area contributed by atoms with Gasteiger partial charge in [-0.2, -0.15) is 0 Å². The standard InChI is InChI=1S/C26H26N2O3/c1-18-13-14-21(17-23(18)27-25(29)19-8-4-3-5-9-19)26(30)28-15-7-12-24(28)20-10-6-11-22(16-20)31-2/h3-6,8-11,13-14,16-17,24H,7,12,15H2,1-2H3,(H,27,29). The number of rotatable bonds is 5. The first-order chi connectivity index (χ1) is 15.1. The van der Waals surface area contributed by atoms with Gasteiger partial charge in [0, 0.05) is 23.4 Å². The van der Waals surface area contributed by atoms with Crippen molar-refractivity contribution >= 4 is 17.5 Å². The number of nitrogens with one attached hydrogen (secondary N) is 1. The van der Waals surface area contributed by atoms with Crippen molar-refractivity contribution in [2.45, 2.75) is 25.8 Å². The lowest BCUT2D eigenvalue weighted by Gasteiger charge is -2.26. The van der Waals surface area contributed by atoms with Gasteiger partial charge in [0.25, 0.3) is 11.8 Å². The molecule has 5 nitrogen and oxygen atoms in total. The molecule has 158 valence electrons. The Balaban J connectivity index is 1.57. The Labute approximate surface area is 182 Å². The van der Waals surface area contributed by atoms with Gasteiger partial charge in [0.1, 0.15) is 5.75 Å². The molecular weight excluding hydrogens is 388 g/mol. The van der Waals surface area contributed by atoms with Crippen molar-refractivity contribution in [2.75, 3.05) is 19.0 Å². The number of carbonyl (C=O) groups excluding carboxylic acids is 2. The highest BCUT2D eigenvalue weighted by Crippen LogP contribution is 2.35. The highest BCUT2D eigenvalue weighted by atomic mass is 16.5. The fraction of sp³-hybridized carbons (Fsp3) is 0.231. The van der Waals surface area contributed by atoms with Crippen LogP contribution in [0.5, 0.6) is 5.75 Å². The number of ether oxygens (including phenoxy) is 1. The van der Waals surface area contributed by atoms with Gasteiger partial charge in [-0.05, 0) is 67.3 Å². The summed E-state index contributed by atoms with van der Waals surface area (Å²) >= 11 is 0. The molecule has 1 unspecified atom stereocenters. The van der Waals surface area contributed by atoms with Gasteiger partial charge in [-0.25, -0.2) is 0 Å². The number of hydrogen-bond acceptors (Lipinski definition) is 3. The summed E-state index contributed by atoms with van der Waals surface area (Å²) < 4.78 is 5.35. The monoisotopic (exact) mass is 414 g/mol. The Morgan fingerprint density at radius 3 is 2.55 bits per heavy atom. The maximum Gasteiger partial charge on any atom is 0.255 e. The lowest BCUT2D eigenvalue weighted by atomic mass is 10.0. The van der Waals surface area contributed by atoms with E-state index in [0.29, 0.717) is 23.4 Å². The number of methoxy groups -OCH3 is 1. The Kier molecular flexibility index (Phi) is 6.03. The molecule has 0 radical (unpaired) electrons. The first-order valence-corrected chi connectivity index (χ1v) is 10.5. The molecule has 1 atom stereocenters. The molecule has 1 saturated heterocycles. The quantitative estimate of drug-likeness (QED) is 0.622. The minimum absolute atomic E-state index is 0.0197. The summed E-state index contributed by atoms with van der Waals surface area (Å²) in [6, 6.07) is 22.5. The van der Waals surface area contributed by atoms with E-state index in [4.69, 9.17) is 4.74 Å². The van der Waals surface area contributed by atoms with Crippen LogP contribution in [-0.4, -0.2) is 30.4 Å². The van der Waals surface area contributed by atoms with Gasteiger partial charge in [-0.1, -0.05) is 36.4 Å². The van der Waals surface area contributed by atoms with Crippen LogP contribution in [0, 0.1) is 6.92 Å². The second-order valence-electron chi connectivity index (χ2n) is 7.78. The molecule has 2 amide bonds. The molecule has 4 rings (SSSR count). The van der Waals surface area contributed by atoms with Crippen LogP contribution in [0.2, 0.25) is 0 Å². The molecule has 1 heterocycles. The van der Waals surface area contributed by atoms with E-state index in [1.54, 1.807) is 25.3 Å². The number of aryl methyl sites for hydroxylation is 1. The molecule has 1 fully saturated rings. The fourth-order valence-electron chi connectivity index (χ4n) is 4.04. The Morgan fingerprint density at radius 2 is 1.77 bits per heavy atom. The van der Waals surface area contributed by atoms with E-state index >= 15 is 0 Å². The summed E-state index contributed by atoms with van der Waals surface area (Å²) in [5, 5.41) is 2.94. The summed E-state index contributed by atoms with van der Waals surface area (Å²) in [6.45, 7) is 2.63. The van der Waals surface area contributed by atoms with E-state index in [9.17, 15) is 9.59 Å². The van der Waals surface area contributed by atoms with Crippen molar-refractivity contribution in [1.29, 1.82) is 0 Å². The molecule has 5 heteroatoms. The predicted octanol–water partition coefficient (Wildman–Crippen LogP) is 5.23. The minimum Gasteiger partial charge on any atom is -0.497 e. The number of likely N-dealkylation sites (tertiary alicyclic amines) is 1. The van der Waals surface area contributed by atoms with Crippen LogP contribution in [0.3, 0.4) is 0 Å². The first kappa shape index (κ1) is 20.7. The third-order valence-electron chi connectivity index (χ3n) is 5.76. The van der Waals surface area contributed by atoms with Crippen LogP contribution in [0.15, 0.2) is 72.8 Å². The van der Waals surface area contributed by atoms with Crippen molar-refractivity contribution < 1.29 is 14.3 Å². The molecule has 0 spiro atoms. The summed E-state index contributed by atoms with van der Waals surface area (Å²) in [5.74, 6) is 0.572. The average Bonchev–Trinajstić information content (AvgIpc) is 3.30. The van der Waals surface area contributed by atoms with Crippen molar-refractivity contribution in [3.63, 3.8) is 0 Å². The largest absolute Gasteiger partial charge is 0.497 e. The van der Waals surface area contributed by atoms with Crippen molar-refractivity contribution in [1.82, 2.24) is 4.90 Å². The summed E-state index contributed by atoms with van der Waals surface area (Å²) in [5.41, 5.74) is 3.79. The van der Waals surface area contributed by atoms with Crippen molar-refractivity contribution in [2.24, 2.45) is 0 Å². The van der Waals surface area contributed by atoms with Gasteiger partial charge in [-0.15, -0.1) is 0 Å². The second-order valence-corrected chi connectivity index (χ2v) is 7.78. The number of benzene rings is 3. The van der Waals surface area contributed by atoms with E-state index in [2.05, 4.69) is 5.32 Å². The minimum atomic E-state index is -0.191. The van der Waals surface area contributed by atoms with Crippen LogP contribution in [0.4, 0.5) is 5.69 Å². The normalized spacial score (nSPS) is 15.5. The van der Waals surface area contributed by atoms with Crippen LogP contribution in [0.1, 0.15) is 50.7 Å². The van der Waals surface area contributed by atoms with E-state index in [1.807, 2.05) is 66.4 Å². The molecule has 1 aliphatic heterocycles. The van der Waals surface area contributed by atoms with Crippen LogP contribution < -0.4 is 10.1 Å². The first-order valence-electron chi connectivity index (χ1n) is 10.5. The molecule has 0 aliphatic carbocycles. The summed E-state index contributed by atoms with van der Waals surface area (Å²) in [7, 11) is 1.65. The SMILES string of the molecule is COc1cccc(C2CCCN2C(=O)c2ccc(C)c(NC(=O)c3ccccc3)c2)c1. The smallest absolute Gasteiger partial charge is 0.255 e. The maximum atomic E-state index is 13.4. The lowest BCUT2D eigenvalue weighted by molar-refractivity contribution is 0.0735.